The topological polar surface area (TPSA) is 0 Å². The molecule has 76 valence electrons. The third-order valence-electron chi connectivity index (χ3n) is 1.29. The first-order valence-corrected chi connectivity index (χ1v) is 3.17. The molecule has 0 atom stereocenters. The maximum absolute atomic E-state index is 12.4. The summed E-state index contributed by atoms with van der Waals surface area (Å²) in [4.78, 5) is 0. The predicted octanol–water partition coefficient (Wildman–Crippen LogP) is 3.25. The normalized spacial score (nSPS) is 12.5. The van der Waals surface area contributed by atoms with Gasteiger partial charge in [-0.15, -0.1) is 5.73 Å². The monoisotopic (exact) mass is 204 g/mol. The van der Waals surface area contributed by atoms with Gasteiger partial charge in [-0.3, -0.25) is 4.39 Å². The van der Waals surface area contributed by atoms with E-state index in [4.69, 9.17) is 0 Å². The minimum Gasteiger partial charge on any atom is -0.251 e. The van der Waals surface area contributed by atoms with Gasteiger partial charge in [0.2, 0.25) is 0 Å². The van der Waals surface area contributed by atoms with Crippen LogP contribution in [0.4, 0.5) is 26.3 Å². The Labute approximate surface area is 70.5 Å². The van der Waals surface area contributed by atoms with E-state index in [-0.39, 0.29) is 0 Å². The van der Waals surface area contributed by atoms with Gasteiger partial charge in [0.05, 0.1) is 12.2 Å². The molecule has 0 amide bonds. The van der Waals surface area contributed by atoms with Crippen molar-refractivity contribution < 1.29 is 26.3 Å². The molecule has 0 heterocycles. The molecule has 0 aliphatic rings. The molecule has 0 unspecified atom stereocenters. The third-order valence-corrected chi connectivity index (χ3v) is 1.29. The summed E-state index contributed by atoms with van der Waals surface area (Å²) in [5, 5.41) is 0. The van der Waals surface area contributed by atoms with Gasteiger partial charge in [0.15, 0.2) is 0 Å². The summed E-state index contributed by atoms with van der Waals surface area (Å²) < 4.78 is 71.2. The number of hydrogen-bond donors (Lipinski definition) is 0. The highest BCUT2D eigenvalue weighted by Gasteiger charge is 2.59. The summed E-state index contributed by atoms with van der Waals surface area (Å²) in [5.41, 5.74) is -0.0634. The Kier molecular flexibility index (Phi) is 3.60. The number of allylic oxidation sites excluding steroid dienone is 1. The molecule has 0 saturated carbocycles. The molecule has 13 heavy (non-hydrogen) atoms. The molecule has 0 radical (unpaired) electrons. The van der Waals surface area contributed by atoms with Crippen LogP contribution in [0, 0.1) is 0 Å². The van der Waals surface area contributed by atoms with Gasteiger partial charge in [-0.2, -0.15) is 22.0 Å². The summed E-state index contributed by atoms with van der Waals surface area (Å²) in [6.45, 7) is 1.35. The fourth-order valence-corrected chi connectivity index (χ4v) is 0.622. The van der Waals surface area contributed by atoms with Gasteiger partial charge in [0, 0.05) is 6.42 Å². The number of rotatable bonds is 3. The van der Waals surface area contributed by atoms with Gasteiger partial charge in [0.1, 0.15) is 0 Å². The first kappa shape index (κ1) is 12.1. The molecule has 0 saturated heterocycles. The largest absolute Gasteiger partial charge is 0.458 e. The first-order valence-electron chi connectivity index (χ1n) is 3.17. The lowest BCUT2D eigenvalue weighted by atomic mass is 10.1. The minimum absolute atomic E-state index is 1.02. The Morgan fingerprint density at radius 1 is 1.15 bits per heavy atom. The SMILES string of the molecule is C=C=C(CCF)C(F)(F)C(F)(F)F. The second-order valence-electron chi connectivity index (χ2n) is 2.17. The molecule has 0 rings (SSSR count). The van der Waals surface area contributed by atoms with Crippen LogP contribution in [0.1, 0.15) is 6.42 Å². The number of hydrogen-bond acceptors (Lipinski definition) is 0. The summed E-state index contributed by atoms with van der Waals surface area (Å²) in [7, 11) is 0. The van der Waals surface area contributed by atoms with Crippen LogP contribution in [-0.4, -0.2) is 18.8 Å². The quantitative estimate of drug-likeness (QED) is 0.489. The highest BCUT2D eigenvalue weighted by atomic mass is 19.4. The van der Waals surface area contributed by atoms with Crippen molar-refractivity contribution in [2.24, 2.45) is 0 Å². The zero-order valence-electron chi connectivity index (χ0n) is 6.39. The van der Waals surface area contributed by atoms with Crippen molar-refractivity contribution in [1.82, 2.24) is 0 Å². The number of alkyl halides is 6. The van der Waals surface area contributed by atoms with Gasteiger partial charge in [-0.25, -0.2) is 0 Å². The van der Waals surface area contributed by atoms with E-state index in [9.17, 15) is 26.3 Å². The molecule has 0 aliphatic heterocycles. The Hall–Kier alpha value is -0.900. The summed E-state index contributed by atoms with van der Waals surface area (Å²) in [6, 6.07) is 0. The second-order valence-corrected chi connectivity index (χ2v) is 2.17. The fourth-order valence-electron chi connectivity index (χ4n) is 0.622. The van der Waals surface area contributed by atoms with E-state index in [0.717, 1.165) is 0 Å². The van der Waals surface area contributed by atoms with E-state index in [1.54, 1.807) is 0 Å². The molecule has 0 fully saturated rings. The van der Waals surface area contributed by atoms with Crippen molar-refractivity contribution in [3.63, 3.8) is 0 Å². The van der Waals surface area contributed by atoms with Gasteiger partial charge in [-0.1, -0.05) is 6.58 Å². The van der Waals surface area contributed by atoms with Crippen LogP contribution in [0.15, 0.2) is 17.9 Å². The molecule has 0 aromatic rings. The smallest absolute Gasteiger partial charge is 0.251 e. The van der Waals surface area contributed by atoms with Crippen molar-refractivity contribution in [1.29, 1.82) is 0 Å². The van der Waals surface area contributed by atoms with E-state index in [0.29, 0.717) is 0 Å². The van der Waals surface area contributed by atoms with E-state index in [1.807, 2.05) is 0 Å². The molecular weight excluding hydrogens is 198 g/mol. The summed E-state index contributed by atoms with van der Waals surface area (Å²) in [6.07, 6.45) is -6.74. The lowest BCUT2D eigenvalue weighted by Crippen LogP contribution is -2.38. The zero-order valence-corrected chi connectivity index (χ0v) is 6.39. The average Bonchev–Trinajstić information content (AvgIpc) is 1.97. The zero-order chi connectivity index (χ0) is 10.7. The van der Waals surface area contributed by atoms with E-state index < -0.39 is 30.8 Å². The van der Waals surface area contributed by atoms with E-state index >= 15 is 0 Å². The first-order chi connectivity index (χ1) is 5.77. The maximum Gasteiger partial charge on any atom is 0.458 e. The molecule has 0 aromatic carbocycles. The molecule has 0 bridgehead atoms. The molecule has 0 spiro atoms. The minimum atomic E-state index is -5.72. The van der Waals surface area contributed by atoms with Crippen LogP contribution in [0.5, 0.6) is 0 Å². The third kappa shape index (κ3) is 2.52. The Morgan fingerprint density at radius 2 is 1.62 bits per heavy atom. The van der Waals surface area contributed by atoms with Crippen LogP contribution in [0.2, 0.25) is 0 Å². The molecule has 6 heteroatoms. The molecule has 0 aromatic heterocycles. The predicted molar refractivity (Wildman–Crippen MR) is 34.2 cm³/mol. The Balaban J connectivity index is 4.91. The maximum atomic E-state index is 12.4. The molecular formula is C7H6F6. The van der Waals surface area contributed by atoms with Gasteiger partial charge < -0.3 is 0 Å². The van der Waals surface area contributed by atoms with Crippen molar-refractivity contribution >= 4 is 0 Å². The van der Waals surface area contributed by atoms with Crippen molar-refractivity contribution in [2.75, 3.05) is 6.67 Å². The Bertz CT molecular complexity index is 220. The number of halogens is 6. The van der Waals surface area contributed by atoms with Crippen molar-refractivity contribution in [2.45, 2.75) is 18.5 Å². The summed E-state index contributed by atoms with van der Waals surface area (Å²) in [5.74, 6) is -5.04. The molecule has 0 aliphatic carbocycles. The van der Waals surface area contributed by atoms with E-state index in [2.05, 4.69) is 6.58 Å². The van der Waals surface area contributed by atoms with Crippen molar-refractivity contribution in [3.8, 4) is 0 Å². The van der Waals surface area contributed by atoms with Crippen LogP contribution in [0.3, 0.4) is 0 Å². The van der Waals surface area contributed by atoms with Crippen LogP contribution in [0.25, 0.3) is 0 Å². The second kappa shape index (κ2) is 3.87. The van der Waals surface area contributed by atoms with Gasteiger partial charge in [-0.05, 0) is 0 Å². The average molecular weight is 204 g/mol. The highest BCUT2D eigenvalue weighted by Crippen LogP contribution is 2.41. The van der Waals surface area contributed by atoms with Crippen LogP contribution in [-0.2, 0) is 0 Å². The van der Waals surface area contributed by atoms with Gasteiger partial charge in [0.25, 0.3) is 0 Å². The fraction of sp³-hybridized carbons (Fsp3) is 0.571. The molecule has 0 nitrogen and oxygen atoms in total. The van der Waals surface area contributed by atoms with Crippen LogP contribution >= 0.6 is 0 Å². The Morgan fingerprint density at radius 3 is 1.85 bits per heavy atom. The van der Waals surface area contributed by atoms with E-state index in [1.165, 1.54) is 5.73 Å². The van der Waals surface area contributed by atoms with Gasteiger partial charge >= 0.3 is 12.1 Å². The summed E-state index contributed by atoms with van der Waals surface area (Å²) >= 11 is 0. The highest BCUT2D eigenvalue weighted by molar-refractivity contribution is 5.13. The standard InChI is InChI=1S/C7H6F6/c1-2-5(3-4-8)6(9,10)7(11,12)13/h1,3-4H2. The molecule has 0 N–H and O–H groups in total. The van der Waals surface area contributed by atoms with Crippen molar-refractivity contribution in [3.05, 3.63) is 17.9 Å². The lowest BCUT2D eigenvalue weighted by molar-refractivity contribution is -0.265. The van der Waals surface area contributed by atoms with Crippen LogP contribution < -0.4 is 0 Å². The lowest BCUT2D eigenvalue weighted by Gasteiger charge is -2.20.